The second-order valence-corrected chi connectivity index (χ2v) is 5.52. The molecule has 1 saturated heterocycles. The quantitative estimate of drug-likeness (QED) is 0.841. The van der Waals surface area contributed by atoms with E-state index in [0.717, 1.165) is 44.0 Å². The van der Waals surface area contributed by atoms with Crippen LogP contribution in [0.25, 0.3) is 0 Å². The molecule has 1 aromatic rings. The molecule has 0 bridgehead atoms. The molecule has 0 radical (unpaired) electrons. The van der Waals surface area contributed by atoms with E-state index in [1.807, 2.05) is 6.92 Å². The molecule has 0 saturated carbocycles. The number of nitrogens with two attached hydrogens (primary N) is 1. The van der Waals surface area contributed by atoms with Crippen LogP contribution in [-0.4, -0.2) is 47.6 Å². The highest BCUT2D eigenvalue weighted by molar-refractivity contribution is 6.28. The van der Waals surface area contributed by atoms with Gasteiger partial charge in [-0.05, 0) is 45.0 Å². The minimum atomic E-state index is 0.272. The molecule has 0 amide bonds. The van der Waals surface area contributed by atoms with Gasteiger partial charge in [0.2, 0.25) is 5.28 Å². The van der Waals surface area contributed by atoms with Gasteiger partial charge in [0.25, 0.3) is 0 Å². The summed E-state index contributed by atoms with van der Waals surface area (Å²) in [7, 11) is 2.16. The summed E-state index contributed by atoms with van der Waals surface area (Å²) in [6.07, 6.45) is 2.16. The van der Waals surface area contributed by atoms with Crippen LogP contribution in [0.3, 0.4) is 0 Å². The Balaban J connectivity index is 2.37. The molecule has 2 heterocycles. The molecule has 1 aliphatic heterocycles. The van der Waals surface area contributed by atoms with Crippen LogP contribution in [0.15, 0.2) is 0 Å². The normalized spacial score (nSPS) is 21.5. The van der Waals surface area contributed by atoms with Crippen molar-refractivity contribution >= 4 is 23.1 Å². The average molecular weight is 284 g/mol. The number of nitrogens with zero attached hydrogens (tertiary/aromatic N) is 4. The van der Waals surface area contributed by atoms with E-state index in [0.29, 0.717) is 11.7 Å². The van der Waals surface area contributed by atoms with E-state index in [2.05, 4.69) is 33.7 Å². The van der Waals surface area contributed by atoms with Crippen molar-refractivity contribution in [3.63, 3.8) is 0 Å². The van der Waals surface area contributed by atoms with Crippen LogP contribution in [0.2, 0.25) is 5.28 Å². The summed E-state index contributed by atoms with van der Waals surface area (Å²) in [4.78, 5) is 13.1. The summed E-state index contributed by atoms with van der Waals surface area (Å²) in [5.41, 5.74) is 7.54. The van der Waals surface area contributed by atoms with Gasteiger partial charge in [-0.1, -0.05) is 6.92 Å². The molecule has 6 heteroatoms. The highest BCUT2D eigenvalue weighted by atomic mass is 35.5. The SMILES string of the molecule is CCC1CN(C)CCCN1c1nc(Cl)nc(C)c1N. The largest absolute Gasteiger partial charge is 0.394 e. The Bertz CT molecular complexity index is 451. The van der Waals surface area contributed by atoms with Crippen molar-refractivity contribution in [3.05, 3.63) is 11.0 Å². The maximum Gasteiger partial charge on any atom is 0.224 e. The second kappa shape index (κ2) is 5.92. The Morgan fingerprint density at radius 3 is 2.79 bits per heavy atom. The number of likely N-dealkylation sites (N-methyl/N-ethyl adjacent to an activating group) is 1. The Hall–Kier alpha value is -1.07. The number of nitrogen functional groups attached to an aromatic ring is 1. The summed E-state index contributed by atoms with van der Waals surface area (Å²) in [5, 5.41) is 0.272. The molecule has 2 rings (SSSR count). The van der Waals surface area contributed by atoms with Crippen molar-refractivity contribution in [2.75, 3.05) is 37.3 Å². The van der Waals surface area contributed by atoms with E-state index in [1.165, 1.54) is 0 Å². The Morgan fingerprint density at radius 1 is 1.37 bits per heavy atom. The van der Waals surface area contributed by atoms with Gasteiger partial charge in [-0.3, -0.25) is 0 Å². The highest BCUT2D eigenvalue weighted by Gasteiger charge is 2.25. The lowest BCUT2D eigenvalue weighted by Gasteiger charge is -2.32. The molecule has 0 spiro atoms. The van der Waals surface area contributed by atoms with Crippen molar-refractivity contribution in [1.82, 2.24) is 14.9 Å². The predicted octanol–water partition coefficient (Wildman–Crippen LogP) is 1.94. The van der Waals surface area contributed by atoms with Crippen molar-refractivity contribution in [2.45, 2.75) is 32.7 Å². The van der Waals surface area contributed by atoms with Gasteiger partial charge in [0.1, 0.15) is 0 Å². The first-order chi connectivity index (χ1) is 9.02. The van der Waals surface area contributed by atoms with E-state index in [9.17, 15) is 0 Å². The molecule has 2 N–H and O–H groups in total. The van der Waals surface area contributed by atoms with Gasteiger partial charge < -0.3 is 15.5 Å². The molecule has 1 atom stereocenters. The van der Waals surface area contributed by atoms with Crippen molar-refractivity contribution in [3.8, 4) is 0 Å². The Kier molecular flexibility index (Phi) is 4.47. The number of aromatic nitrogens is 2. The van der Waals surface area contributed by atoms with E-state index < -0.39 is 0 Å². The molecular formula is C13H22ClN5. The van der Waals surface area contributed by atoms with Crippen LogP contribution >= 0.6 is 11.6 Å². The molecule has 1 aliphatic rings. The van der Waals surface area contributed by atoms with Crippen molar-refractivity contribution in [2.24, 2.45) is 0 Å². The third-order valence-corrected chi connectivity index (χ3v) is 3.90. The monoisotopic (exact) mass is 283 g/mol. The first-order valence-electron chi connectivity index (χ1n) is 6.77. The zero-order chi connectivity index (χ0) is 14.0. The van der Waals surface area contributed by atoms with Crippen LogP contribution in [0.5, 0.6) is 0 Å². The lowest BCUT2D eigenvalue weighted by Crippen LogP contribution is -2.40. The number of hydrogen-bond donors (Lipinski definition) is 1. The van der Waals surface area contributed by atoms with E-state index in [-0.39, 0.29) is 5.28 Å². The van der Waals surface area contributed by atoms with Crippen molar-refractivity contribution in [1.29, 1.82) is 0 Å². The van der Waals surface area contributed by atoms with Gasteiger partial charge in [0.05, 0.1) is 11.4 Å². The standard InChI is InChI=1S/C13H22ClN5/c1-4-10-8-18(3)6-5-7-19(10)12-11(15)9(2)16-13(14)17-12/h10H,4-8,15H2,1-3H3. The van der Waals surface area contributed by atoms with Gasteiger partial charge in [-0.15, -0.1) is 0 Å². The molecule has 19 heavy (non-hydrogen) atoms. The predicted molar refractivity (Wildman–Crippen MR) is 79.7 cm³/mol. The summed E-state index contributed by atoms with van der Waals surface area (Å²) in [6.45, 7) is 7.15. The van der Waals surface area contributed by atoms with Gasteiger partial charge in [-0.25, -0.2) is 4.98 Å². The fourth-order valence-corrected chi connectivity index (χ4v) is 2.83. The molecule has 0 aromatic carbocycles. The number of rotatable bonds is 2. The molecular weight excluding hydrogens is 262 g/mol. The first kappa shape index (κ1) is 14.3. The maximum atomic E-state index is 6.15. The summed E-state index contributed by atoms with van der Waals surface area (Å²) in [5.74, 6) is 0.791. The molecule has 5 nitrogen and oxygen atoms in total. The summed E-state index contributed by atoms with van der Waals surface area (Å²) >= 11 is 5.99. The van der Waals surface area contributed by atoms with Gasteiger partial charge >= 0.3 is 0 Å². The third-order valence-electron chi connectivity index (χ3n) is 3.73. The van der Waals surface area contributed by atoms with Gasteiger partial charge in [0, 0.05) is 19.1 Å². The van der Waals surface area contributed by atoms with Crippen molar-refractivity contribution < 1.29 is 0 Å². The van der Waals surface area contributed by atoms with E-state index in [4.69, 9.17) is 17.3 Å². The Morgan fingerprint density at radius 2 is 2.11 bits per heavy atom. The van der Waals surface area contributed by atoms with Crippen LogP contribution in [-0.2, 0) is 0 Å². The topological polar surface area (TPSA) is 58.3 Å². The molecule has 1 fully saturated rings. The molecule has 1 unspecified atom stereocenters. The molecule has 0 aliphatic carbocycles. The number of anilines is 2. The lowest BCUT2D eigenvalue weighted by molar-refractivity contribution is 0.327. The number of halogens is 1. The fourth-order valence-electron chi connectivity index (χ4n) is 2.62. The molecule has 1 aromatic heterocycles. The van der Waals surface area contributed by atoms with E-state index in [1.54, 1.807) is 0 Å². The minimum absolute atomic E-state index is 0.272. The fraction of sp³-hybridized carbons (Fsp3) is 0.692. The zero-order valence-corrected chi connectivity index (χ0v) is 12.6. The van der Waals surface area contributed by atoms with Crippen LogP contribution in [0.1, 0.15) is 25.5 Å². The summed E-state index contributed by atoms with van der Waals surface area (Å²) < 4.78 is 0. The van der Waals surface area contributed by atoms with Crippen LogP contribution < -0.4 is 10.6 Å². The second-order valence-electron chi connectivity index (χ2n) is 5.19. The third kappa shape index (κ3) is 3.09. The van der Waals surface area contributed by atoms with E-state index >= 15 is 0 Å². The summed E-state index contributed by atoms with van der Waals surface area (Å²) in [6, 6.07) is 0.417. The minimum Gasteiger partial charge on any atom is -0.394 e. The van der Waals surface area contributed by atoms with Crippen LogP contribution in [0, 0.1) is 6.92 Å². The highest BCUT2D eigenvalue weighted by Crippen LogP contribution is 2.28. The lowest BCUT2D eigenvalue weighted by atomic mass is 10.1. The smallest absolute Gasteiger partial charge is 0.224 e. The van der Waals surface area contributed by atoms with Gasteiger partial charge in [-0.2, -0.15) is 4.98 Å². The number of hydrogen-bond acceptors (Lipinski definition) is 5. The van der Waals surface area contributed by atoms with Gasteiger partial charge in [0.15, 0.2) is 5.82 Å². The number of aryl methyl sites for hydroxylation is 1. The Labute approximate surface area is 119 Å². The molecule has 106 valence electrons. The average Bonchev–Trinajstić information content (AvgIpc) is 2.55. The van der Waals surface area contributed by atoms with Crippen LogP contribution in [0.4, 0.5) is 11.5 Å². The zero-order valence-electron chi connectivity index (χ0n) is 11.9. The first-order valence-corrected chi connectivity index (χ1v) is 7.15. The maximum absolute atomic E-state index is 6.15.